The Kier molecular flexibility index (Phi) is 3.77. The third-order valence-electron chi connectivity index (χ3n) is 1.97. The Hall–Kier alpha value is -0.840. The summed E-state index contributed by atoms with van der Waals surface area (Å²) in [6, 6.07) is 3.62. The molecule has 0 bridgehead atoms. The molecule has 0 unspecified atom stereocenters. The molecule has 0 radical (unpaired) electrons. The van der Waals surface area contributed by atoms with E-state index in [1.807, 2.05) is 11.6 Å². The second kappa shape index (κ2) is 5.30. The van der Waals surface area contributed by atoms with Gasteiger partial charge in [0.2, 0.25) is 0 Å². The minimum Gasteiger partial charge on any atom is -0.448 e. The van der Waals surface area contributed by atoms with Crippen molar-refractivity contribution in [3.8, 4) is 0 Å². The van der Waals surface area contributed by atoms with E-state index in [2.05, 4.69) is 15.7 Å². The highest BCUT2D eigenvalue weighted by atomic mass is 35.5. The number of hydrogen-bond acceptors (Lipinski definition) is 4. The zero-order chi connectivity index (χ0) is 10.5. The highest BCUT2D eigenvalue weighted by Crippen LogP contribution is 2.12. The van der Waals surface area contributed by atoms with E-state index in [4.69, 9.17) is 16.0 Å². The summed E-state index contributed by atoms with van der Waals surface area (Å²) in [4.78, 5) is 4.20. The van der Waals surface area contributed by atoms with Crippen molar-refractivity contribution < 1.29 is 4.42 Å². The van der Waals surface area contributed by atoms with Crippen LogP contribution in [0, 0.1) is 0 Å². The van der Waals surface area contributed by atoms with Gasteiger partial charge < -0.3 is 9.73 Å². The Morgan fingerprint density at radius 2 is 2.40 bits per heavy atom. The molecule has 1 N–H and O–H groups in total. The fraction of sp³-hybridized carbons (Fsp3) is 0.300. The number of rotatable bonds is 5. The van der Waals surface area contributed by atoms with Crippen molar-refractivity contribution >= 4 is 22.9 Å². The van der Waals surface area contributed by atoms with Crippen LogP contribution in [0.1, 0.15) is 11.5 Å². The monoisotopic (exact) mass is 242 g/mol. The summed E-state index contributed by atoms with van der Waals surface area (Å²) in [7, 11) is 0. The normalized spacial score (nSPS) is 10.7. The van der Waals surface area contributed by atoms with E-state index < -0.39 is 0 Å². The standard InChI is InChI=1S/C10H11ClN2OS/c11-10-2-1-9(14-10)5-12-4-3-8-6-15-7-13-8/h1-2,6-7,12H,3-5H2. The first-order valence-electron chi connectivity index (χ1n) is 4.66. The predicted octanol–water partition coefficient (Wildman–Crippen LogP) is 2.72. The van der Waals surface area contributed by atoms with Crippen LogP contribution in [0.5, 0.6) is 0 Å². The van der Waals surface area contributed by atoms with E-state index in [9.17, 15) is 0 Å². The maximum absolute atomic E-state index is 5.65. The van der Waals surface area contributed by atoms with Gasteiger partial charge in [0, 0.05) is 18.3 Å². The summed E-state index contributed by atoms with van der Waals surface area (Å²) in [5, 5.41) is 5.76. The maximum atomic E-state index is 5.65. The van der Waals surface area contributed by atoms with Crippen molar-refractivity contribution in [1.82, 2.24) is 10.3 Å². The van der Waals surface area contributed by atoms with E-state index in [1.54, 1.807) is 17.4 Å². The van der Waals surface area contributed by atoms with Gasteiger partial charge in [-0.05, 0) is 23.7 Å². The predicted molar refractivity (Wildman–Crippen MR) is 61.2 cm³/mol. The molecule has 0 atom stereocenters. The third kappa shape index (κ3) is 3.34. The third-order valence-corrected chi connectivity index (χ3v) is 2.81. The number of nitrogens with one attached hydrogen (secondary N) is 1. The van der Waals surface area contributed by atoms with Gasteiger partial charge in [-0.2, -0.15) is 0 Å². The molecule has 0 spiro atoms. The smallest absolute Gasteiger partial charge is 0.193 e. The summed E-state index contributed by atoms with van der Waals surface area (Å²) in [6.45, 7) is 1.60. The average molecular weight is 243 g/mol. The summed E-state index contributed by atoms with van der Waals surface area (Å²) in [5.74, 6) is 0.860. The summed E-state index contributed by atoms with van der Waals surface area (Å²) in [5.41, 5.74) is 2.98. The first-order chi connectivity index (χ1) is 7.34. The number of hydrogen-bond donors (Lipinski definition) is 1. The minimum absolute atomic E-state index is 0.436. The topological polar surface area (TPSA) is 38.1 Å². The Morgan fingerprint density at radius 3 is 3.07 bits per heavy atom. The van der Waals surface area contributed by atoms with Crippen LogP contribution in [0.4, 0.5) is 0 Å². The quantitative estimate of drug-likeness (QED) is 0.820. The fourth-order valence-electron chi connectivity index (χ4n) is 1.24. The molecule has 80 valence electrons. The SMILES string of the molecule is Clc1ccc(CNCCc2cscn2)o1. The molecular formula is C10H11ClN2OS. The van der Waals surface area contributed by atoms with Crippen molar-refractivity contribution in [2.45, 2.75) is 13.0 Å². The van der Waals surface area contributed by atoms with Gasteiger partial charge in [0.1, 0.15) is 5.76 Å². The van der Waals surface area contributed by atoms with Crippen LogP contribution in [0.15, 0.2) is 27.4 Å². The van der Waals surface area contributed by atoms with Gasteiger partial charge in [-0.15, -0.1) is 11.3 Å². The lowest BCUT2D eigenvalue weighted by Gasteiger charge is -2.00. The molecule has 0 aliphatic carbocycles. The molecule has 0 amide bonds. The fourth-order valence-corrected chi connectivity index (χ4v) is 1.99. The molecule has 0 saturated carbocycles. The molecule has 2 rings (SSSR count). The molecule has 0 saturated heterocycles. The van der Waals surface area contributed by atoms with Gasteiger partial charge >= 0.3 is 0 Å². The van der Waals surface area contributed by atoms with Crippen LogP contribution in [-0.2, 0) is 13.0 Å². The van der Waals surface area contributed by atoms with Crippen LogP contribution < -0.4 is 5.32 Å². The second-order valence-corrected chi connectivity index (χ2v) is 4.20. The molecule has 2 heterocycles. The molecule has 0 aliphatic heterocycles. The van der Waals surface area contributed by atoms with Crippen molar-refractivity contribution in [3.05, 3.63) is 39.7 Å². The maximum Gasteiger partial charge on any atom is 0.193 e. The average Bonchev–Trinajstić information content (AvgIpc) is 2.84. The minimum atomic E-state index is 0.436. The van der Waals surface area contributed by atoms with Crippen LogP contribution in [0.25, 0.3) is 0 Å². The van der Waals surface area contributed by atoms with E-state index in [0.717, 1.165) is 24.4 Å². The highest BCUT2D eigenvalue weighted by Gasteiger charge is 1.99. The molecule has 2 aromatic heterocycles. The molecule has 0 aliphatic rings. The molecular weight excluding hydrogens is 232 g/mol. The van der Waals surface area contributed by atoms with Gasteiger partial charge in [-0.25, -0.2) is 4.98 Å². The Balaban J connectivity index is 1.67. The lowest BCUT2D eigenvalue weighted by atomic mass is 10.3. The number of furan rings is 1. The van der Waals surface area contributed by atoms with Crippen LogP contribution in [0.3, 0.4) is 0 Å². The molecule has 2 aromatic rings. The van der Waals surface area contributed by atoms with Crippen molar-refractivity contribution in [2.24, 2.45) is 0 Å². The highest BCUT2D eigenvalue weighted by molar-refractivity contribution is 7.07. The number of halogens is 1. The number of thiazole rings is 1. The first-order valence-corrected chi connectivity index (χ1v) is 5.98. The molecule has 3 nitrogen and oxygen atoms in total. The van der Waals surface area contributed by atoms with Gasteiger partial charge in [0.05, 0.1) is 17.7 Å². The van der Waals surface area contributed by atoms with Gasteiger partial charge in [0.25, 0.3) is 0 Å². The molecule has 0 aromatic carbocycles. The lowest BCUT2D eigenvalue weighted by molar-refractivity contribution is 0.485. The van der Waals surface area contributed by atoms with Crippen LogP contribution in [0.2, 0.25) is 5.22 Å². The van der Waals surface area contributed by atoms with Crippen molar-refractivity contribution in [3.63, 3.8) is 0 Å². The molecule has 5 heteroatoms. The van der Waals surface area contributed by atoms with Crippen LogP contribution in [-0.4, -0.2) is 11.5 Å². The van der Waals surface area contributed by atoms with E-state index >= 15 is 0 Å². The number of aromatic nitrogens is 1. The summed E-state index contributed by atoms with van der Waals surface area (Å²) in [6.07, 6.45) is 0.942. The van der Waals surface area contributed by atoms with Gasteiger partial charge in [-0.3, -0.25) is 0 Å². The Bertz CT molecular complexity index is 399. The molecule has 0 fully saturated rings. The lowest BCUT2D eigenvalue weighted by Crippen LogP contribution is -2.16. The van der Waals surface area contributed by atoms with Crippen molar-refractivity contribution in [1.29, 1.82) is 0 Å². The Labute approximate surface area is 97.1 Å². The van der Waals surface area contributed by atoms with Crippen molar-refractivity contribution in [2.75, 3.05) is 6.54 Å². The second-order valence-electron chi connectivity index (χ2n) is 3.11. The number of nitrogens with zero attached hydrogens (tertiary/aromatic N) is 1. The largest absolute Gasteiger partial charge is 0.448 e. The van der Waals surface area contributed by atoms with E-state index in [1.165, 1.54) is 0 Å². The van der Waals surface area contributed by atoms with E-state index in [0.29, 0.717) is 11.8 Å². The summed E-state index contributed by atoms with van der Waals surface area (Å²) >= 11 is 7.27. The zero-order valence-electron chi connectivity index (χ0n) is 8.07. The van der Waals surface area contributed by atoms with Gasteiger partial charge in [0.15, 0.2) is 5.22 Å². The first kappa shape index (κ1) is 10.7. The zero-order valence-corrected chi connectivity index (χ0v) is 9.64. The van der Waals surface area contributed by atoms with Gasteiger partial charge in [-0.1, -0.05) is 0 Å². The summed E-state index contributed by atoms with van der Waals surface area (Å²) < 4.78 is 5.21. The Morgan fingerprint density at radius 1 is 1.47 bits per heavy atom. The molecule has 15 heavy (non-hydrogen) atoms. The van der Waals surface area contributed by atoms with E-state index in [-0.39, 0.29) is 0 Å². The van der Waals surface area contributed by atoms with Crippen LogP contribution >= 0.6 is 22.9 Å².